The van der Waals surface area contributed by atoms with E-state index in [1.165, 1.54) is 29.2 Å². The van der Waals surface area contributed by atoms with Gasteiger partial charge in [-0.3, -0.25) is 4.79 Å². The summed E-state index contributed by atoms with van der Waals surface area (Å²) in [6.07, 6.45) is 1.55. The minimum Gasteiger partial charge on any atom is -0.542 e. The summed E-state index contributed by atoms with van der Waals surface area (Å²) in [6.45, 7) is 1.07. The molecule has 33 heavy (non-hydrogen) atoms. The molecular formula is C21H19N6NaO4S. The van der Waals surface area contributed by atoms with E-state index in [4.69, 9.17) is 0 Å². The number of carbonyl (C=O) groups is 2. The van der Waals surface area contributed by atoms with Crippen LogP contribution in [0.1, 0.15) is 17.3 Å². The molecule has 4 rings (SSSR count). The summed E-state index contributed by atoms with van der Waals surface area (Å²) < 4.78 is 27.2. The Morgan fingerprint density at radius 2 is 1.67 bits per heavy atom. The molecule has 0 bridgehead atoms. The van der Waals surface area contributed by atoms with Crippen molar-refractivity contribution in [3.63, 3.8) is 0 Å². The first kappa shape index (κ1) is 24.6. The SMILES string of the molecule is CC(=O)[N-]S(=O)(=O)c1ccc(Nc2ncc3c(n2)N(C)c2ccccc2C(=O)N3C)cc1.[Na+]. The normalized spacial score (nSPS) is 12.8. The molecule has 1 aliphatic rings. The van der Waals surface area contributed by atoms with E-state index in [9.17, 15) is 18.0 Å². The number of hydrogen-bond donors (Lipinski definition) is 1. The van der Waals surface area contributed by atoms with Crippen LogP contribution in [0.15, 0.2) is 59.6 Å². The molecule has 1 aromatic heterocycles. The zero-order chi connectivity index (χ0) is 23.0. The van der Waals surface area contributed by atoms with Gasteiger partial charge in [0.1, 0.15) is 15.7 Å². The fourth-order valence-corrected chi connectivity index (χ4v) is 4.25. The van der Waals surface area contributed by atoms with Gasteiger partial charge in [0.15, 0.2) is 5.82 Å². The Bertz CT molecular complexity index is 1330. The number of fused-ring (bicyclic) bond motifs is 2. The third kappa shape index (κ3) is 4.86. The van der Waals surface area contributed by atoms with Crippen molar-refractivity contribution in [2.45, 2.75) is 11.8 Å². The first-order chi connectivity index (χ1) is 15.2. The van der Waals surface area contributed by atoms with Crippen LogP contribution >= 0.6 is 0 Å². The number of sulfonamides is 1. The monoisotopic (exact) mass is 474 g/mol. The Labute approximate surface area is 213 Å². The van der Waals surface area contributed by atoms with Gasteiger partial charge in [0.2, 0.25) is 5.95 Å². The van der Waals surface area contributed by atoms with Gasteiger partial charge in [-0.1, -0.05) is 12.1 Å². The van der Waals surface area contributed by atoms with E-state index >= 15 is 0 Å². The molecular weight excluding hydrogens is 455 g/mol. The number of para-hydroxylation sites is 1. The van der Waals surface area contributed by atoms with Gasteiger partial charge in [0.25, 0.3) is 5.91 Å². The van der Waals surface area contributed by atoms with Gasteiger partial charge in [0, 0.05) is 19.8 Å². The molecule has 164 valence electrons. The molecule has 0 aliphatic carbocycles. The molecule has 0 saturated carbocycles. The van der Waals surface area contributed by atoms with Gasteiger partial charge in [-0.25, -0.2) is 13.4 Å². The fourth-order valence-electron chi connectivity index (χ4n) is 3.32. The molecule has 2 amide bonds. The third-order valence-electron chi connectivity index (χ3n) is 4.89. The molecule has 0 fully saturated rings. The number of amides is 2. The van der Waals surface area contributed by atoms with Crippen LogP contribution in [-0.4, -0.2) is 44.3 Å². The summed E-state index contributed by atoms with van der Waals surface area (Å²) in [6, 6.07) is 13.0. The third-order valence-corrected chi connectivity index (χ3v) is 6.25. The van der Waals surface area contributed by atoms with E-state index in [1.54, 1.807) is 25.4 Å². The number of rotatable bonds is 4. The molecule has 0 radical (unpaired) electrons. The van der Waals surface area contributed by atoms with Crippen LogP contribution in [0.4, 0.5) is 28.8 Å². The van der Waals surface area contributed by atoms with Gasteiger partial charge in [-0.2, -0.15) is 4.98 Å². The van der Waals surface area contributed by atoms with Gasteiger partial charge in [0.05, 0.1) is 28.3 Å². The van der Waals surface area contributed by atoms with Crippen LogP contribution in [0.2, 0.25) is 0 Å². The average Bonchev–Trinajstić information content (AvgIpc) is 2.83. The molecule has 0 spiro atoms. The molecule has 1 aliphatic heterocycles. The first-order valence-corrected chi connectivity index (χ1v) is 10.9. The molecule has 12 heteroatoms. The Morgan fingerprint density at radius 3 is 2.33 bits per heavy atom. The summed E-state index contributed by atoms with van der Waals surface area (Å²) in [5.74, 6) is -0.161. The van der Waals surface area contributed by atoms with Crippen LogP contribution < -0.4 is 44.7 Å². The standard InChI is InChI=1S/C21H20N6O4S.Na/c1-13(28)25-32(30,31)15-10-8-14(9-11-15)23-21-22-12-18-19(24-21)26(2)17-7-5-4-6-16(17)20(29)27(18)3;/h4-12H,1-3H3,(H2,22,23,24,25,28);/q;+1/p-1. The number of nitrogens with one attached hydrogen (secondary N) is 1. The summed E-state index contributed by atoms with van der Waals surface area (Å²) in [4.78, 5) is 36.0. The van der Waals surface area contributed by atoms with Crippen LogP contribution in [0.25, 0.3) is 4.72 Å². The summed E-state index contributed by atoms with van der Waals surface area (Å²) in [7, 11) is -0.556. The van der Waals surface area contributed by atoms with Crippen LogP contribution in [0.3, 0.4) is 0 Å². The number of nitrogens with zero attached hydrogens (tertiary/aromatic N) is 5. The predicted octanol–water partition coefficient (Wildman–Crippen LogP) is 0.191. The Hall–Kier alpha value is -2.99. The number of benzene rings is 2. The minimum atomic E-state index is -4.04. The first-order valence-electron chi connectivity index (χ1n) is 9.51. The van der Waals surface area contributed by atoms with Gasteiger partial charge < -0.3 is 24.6 Å². The van der Waals surface area contributed by atoms with Crippen molar-refractivity contribution in [1.82, 2.24) is 9.97 Å². The number of carbonyl (C=O) groups excluding carboxylic acids is 2. The van der Waals surface area contributed by atoms with E-state index in [0.717, 1.165) is 12.6 Å². The smallest absolute Gasteiger partial charge is 0.542 e. The van der Waals surface area contributed by atoms with E-state index in [1.807, 2.05) is 24.1 Å². The molecule has 0 unspecified atom stereocenters. The zero-order valence-electron chi connectivity index (χ0n) is 18.5. The topological polar surface area (TPSA) is 127 Å². The van der Waals surface area contributed by atoms with Gasteiger partial charge in [-0.05, 0) is 43.3 Å². The van der Waals surface area contributed by atoms with Crippen molar-refractivity contribution < 1.29 is 47.6 Å². The molecule has 2 aromatic carbocycles. The van der Waals surface area contributed by atoms with Gasteiger partial charge in [-0.15, -0.1) is 0 Å². The van der Waals surface area contributed by atoms with E-state index in [2.05, 4.69) is 20.0 Å². The summed E-state index contributed by atoms with van der Waals surface area (Å²) >= 11 is 0. The molecule has 0 saturated heterocycles. The Kier molecular flexibility index (Phi) is 7.08. The summed E-state index contributed by atoms with van der Waals surface area (Å²) in [5, 5.41) is 3.02. The number of aromatic nitrogens is 2. The van der Waals surface area contributed by atoms with Crippen molar-refractivity contribution in [3.8, 4) is 0 Å². The molecule has 2 heterocycles. The minimum absolute atomic E-state index is 0. The number of anilines is 5. The summed E-state index contributed by atoms with van der Waals surface area (Å²) in [5.41, 5.74) is 2.36. The van der Waals surface area contributed by atoms with Crippen molar-refractivity contribution in [1.29, 1.82) is 0 Å². The predicted molar refractivity (Wildman–Crippen MR) is 120 cm³/mol. The van der Waals surface area contributed by atoms with Crippen LogP contribution in [0.5, 0.6) is 0 Å². The largest absolute Gasteiger partial charge is 1.00 e. The maximum Gasteiger partial charge on any atom is 1.00 e. The van der Waals surface area contributed by atoms with E-state index in [-0.39, 0.29) is 46.3 Å². The van der Waals surface area contributed by atoms with E-state index in [0.29, 0.717) is 22.8 Å². The van der Waals surface area contributed by atoms with Crippen molar-refractivity contribution >= 4 is 50.7 Å². The second kappa shape index (κ2) is 9.48. The van der Waals surface area contributed by atoms with Gasteiger partial charge >= 0.3 is 29.6 Å². The average molecular weight is 474 g/mol. The quantitative estimate of drug-likeness (QED) is 0.531. The van der Waals surface area contributed by atoms with Crippen molar-refractivity contribution in [3.05, 3.63) is 65.0 Å². The molecule has 3 aromatic rings. The maximum absolute atomic E-state index is 12.9. The van der Waals surface area contributed by atoms with E-state index < -0.39 is 15.9 Å². The molecule has 1 N–H and O–H groups in total. The van der Waals surface area contributed by atoms with Crippen molar-refractivity contribution in [2.24, 2.45) is 0 Å². The fraction of sp³-hybridized carbons (Fsp3) is 0.143. The zero-order valence-corrected chi connectivity index (χ0v) is 21.3. The van der Waals surface area contributed by atoms with Crippen LogP contribution in [0, 0.1) is 0 Å². The maximum atomic E-state index is 12.9. The van der Waals surface area contributed by atoms with Crippen LogP contribution in [-0.2, 0) is 14.8 Å². The number of hydrogen-bond acceptors (Lipinski definition) is 8. The second-order valence-corrected chi connectivity index (χ2v) is 8.68. The molecule has 10 nitrogen and oxygen atoms in total. The Morgan fingerprint density at radius 1 is 1.00 bits per heavy atom. The Balaban J connectivity index is 0.00000306. The van der Waals surface area contributed by atoms with Crippen molar-refractivity contribution in [2.75, 3.05) is 29.2 Å². The molecule has 0 atom stereocenters. The second-order valence-electron chi connectivity index (χ2n) is 7.08.